The van der Waals surface area contributed by atoms with Gasteiger partial charge in [-0.3, -0.25) is 9.59 Å². The van der Waals surface area contributed by atoms with Gasteiger partial charge in [-0.15, -0.1) is 0 Å². The first-order valence-electron chi connectivity index (χ1n) is 9.95. The predicted molar refractivity (Wildman–Crippen MR) is 116 cm³/mol. The average molecular weight is 417 g/mol. The number of nitrogens with one attached hydrogen (secondary N) is 1. The minimum atomic E-state index is -0.312. The Morgan fingerprint density at radius 2 is 2.00 bits per heavy atom. The molecule has 1 N–H and O–H groups in total. The molecule has 1 aliphatic heterocycles. The largest absolute Gasteiger partial charge is 0.495 e. The van der Waals surface area contributed by atoms with E-state index in [2.05, 4.69) is 14.9 Å². The molecule has 2 aromatic rings. The number of ether oxygens (including phenoxy) is 1. The van der Waals surface area contributed by atoms with Crippen LogP contribution in [-0.2, 0) is 11.2 Å². The second-order valence-electron chi connectivity index (χ2n) is 7.04. The molecule has 0 aliphatic carbocycles. The third-order valence-corrected chi connectivity index (χ3v) is 5.90. The number of carbonyl (C=O) groups is 1. The average Bonchev–Trinajstić information content (AvgIpc) is 2.73. The van der Waals surface area contributed by atoms with Crippen LogP contribution < -0.4 is 15.2 Å². The monoisotopic (exact) mass is 416 g/mol. The fourth-order valence-electron chi connectivity index (χ4n) is 3.46. The van der Waals surface area contributed by atoms with Gasteiger partial charge in [0.1, 0.15) is 5.75 Å². The molecule has 0 spiro atoms. The number of H-pyrrole nitrogens is 1. The molecule has 1 fully saturated rings. The summed E-state index contributed by atoms with van der Waals surface area (Å²) >= 11 is 1.31. The molecule has 8 heteroatoms. The van der Waals surface area contributed by atoms with E-state index in [0.29, 0.717) is 18.2 Å². The number of anilines is 1. The zero-order valence-electron chi connectivity index (χ0n) is 17.2. The Labute approximate surface area is 175 Å². The van der Waals surface area contributed by atoms with E-state index < -0.39 is 0 Å². The van der Waals surface area contributed by atoms with Crippen LogP contribution in [0.1, 0.15) is 26.0 Å². The van der Waals surface area contributed by atoms with E-state index in [1.165, 1.54) is 17.8 Å². The van der Waals surface area contributed by atoms with Gasteiger partial charge in [-0.2, -0.15) is 0 Å². The number of methoxy groups -OCH3 is 1. The number of amides is 1. The molecule has 1 unspecified atom stereocenters. The molecule has 2 heterocycles. The van der Waals surface area contributed by atoms with Crippen molar-refractivity contribution >= 4 is 23.4 Å². The lowest BCUT2D eigenvalue weighted by molar-refractivity contribution is -0.130. The van der Waals surface area contributed by atoms with Gasteiger partial charge < -0.3 is 19.5 Å². The second-order valence-corrected chi connectivity index (χ2v) is 8.37. The number of piperazine rings is 1. The minimum absolute atomic E-state index is 0.0678. The van der Waals surface area contributed by atoms with Crippen molar-refractivity contribution < 1.29 is 9.53 Å². The molecular weight excluding hydrogens is 388 g/mol. The summed E-state index contributed by atoms with van der Waals surface area (Å²) in [5.41, 5.74) is 1.65. The summed E-state index contributed by atoms with van der Waals surface area (Å²) in [7, 11) is 1.67. The first-order chi connectivity index (χ1) is 14.0. The smallest absolute Gasteiger partial charge is 0.251 e. The van der Waals surface area contributed by atoms with Gasteiger partial charge in [-0.25, -0.2) is 4.98 Å². The van der Waals surface area contributed by atoms with E-state index in [-0.39, 0.29) is 16.7 Å². The number of nitrogens with zero attached hydrogens (tertiary/aromatic N) is 3. The third-order valence-electron chi connectivity index (χ3n) is 4.93. The number of aryl methyl sites for hydroxylation is 1. The van der Waals surface area contributed by atoms with Crippen molar-refractivity contribution in [2.75, 3.05) is 38.2 Å². The van der Waals surface area contributed by atoms with Crippen LogP contribution >= 0.6 is 11.8 Å². The van der Waals surface area contributed by atoms with Gasteiger partial charge in [0.2, 0.25) is 5.91 Å². The van der Waals surface area contributed by atoms with E-state index in [1.807, 2.05) is 43.0 Å². The van der Waals surface area contributed by atoms with Crippen molar-refractivity contribution in [2.24, 2.45) is 0 Å². The zero-order chi connectivity index (χ0) is 20.8. The van der Waals surface area contributed by atoms with E-state index in [9.17, 15) is 9.59 Å². The molecule has 1 saturated heterocycles. The van der Waals surface area contributed by atoms with Gasteiger partial charge in [-0.05, 0) is 25.5 Å². The summed E-state index contributed by atoms with van der Waals surface area (Å²) in [5, 5.41) is 0.197. The number of thioether (sulfide) groups is 1. The second kappa shape index (κ2) is 9.82. The molecule has 3 rings (SSSR count). The highest BCUT2D eigenvalue weighted by Crippen LogP contribution is 2.29. The Bertz CT molecular complexity index is 893. The first-order valence-corrected chi connectivity index (χ1v) is 10.8. The minimum Gasteiger partial charge on any atom is -0.495 e. The van der Waals surface area contributed by atoms with Gasteiger partial charge >= 0.3 is 0 Å². The molecule has 0 radical (unpaired) electrons. The van der Waals surface area contributed by atoms with Crippen molar-refractivity contribution in [3.63, 3.8) is 0 Å². The quantitative estimate of drug-likeness (QED) is 0.552. The summed E-state index contributed by atoms with van der Waals surface area (Å²) in [6.07, 6.45) is 1.68. The molecule has 156 valence electrons. The number of hydrogen-bond donors (Lipinski definition) is 1. The van der Waals surface area contributed by atoms with Gasteiger partial charge in [0.15, 0.2) is 5.16 Å². The van der Waals surface area contributed by atoms with Crippen LogP contribution in [0.2, 0.25) is 0 Å². The molecule has 1 aromatic carbocycles. The standard InChI is InChI=1S/C21H28N4O3S/c1-4-7-16-14-19(26)23-21(22-16)29-15(2)20(27)25-12-10-24(11-13-25)17-8-5-6-9-18(17)28-3/h5-6,8-9,14-15H,4,7,10-13H2,1-3H3,(H,22,23,26). The Morgan fingerprint density at radius 3 is 2.69 bits per heavy atom. The Morgan fingerprint density at radius 1 is 1.28 bits per heavy atom. The summed E-state index contributed by atoms with van der Waals surface area (Å²) in [5.74, 6) is 0.913. The van der Waals surface area contributed by atoms with Crippen molar-refractivity contribution in [3.05, 3.63) is 46.4 Å². The van der Waals surface area contributed by atoms with Gasteiger partial charge in [0.25, 0.3) is 5.56 Å². The van der Waals surface area contributed by atoms with Crippen LogP contribution in [0.5, 0.6) is 5.75 Å². The zero-order valence-corrected chi connectivity index (χ0v) is 18.0. The number of para-hydroxylation sites is 2. The highest BCUT2D eigenvalue weighted by atomic mass is 32.2. The number of aromatic nitrogens is 2. The van der Waals surface area contributed by atoms with Crippen LogP contribution in [0, 0.1) is 0 Å². The number of benzene rings is 1. The molecule has 29 heavy (non-hydrogen) atoms. The van der Waals surface area contributed by atoms with Gasteiger partial charge in [0, 0.05) is 37.9 Å². The van der Waals surface area contributed by atoms with E-state index in [0.717, 1.165) is 43.1 Å². The maximum absolute atomic E-state index is 12.9. The van der Waals surface area contributed by atoms with E-state index >= 15 is 0 Å². The topological polar surface area (TPSA) is 78.5 Å². The maximum Gasteiger partial charge on any atom is 0.251 e. The Balaban J connectivity index is 1.60. The van der Waals surface area contributed by atoms with Crippen molar-refractivity contribution in [1.82, 2.24) is 14.9 Å². The molecule has 7 nitrogen and oxygen atoms in total. The first kappa shape index (κ1) is 21.2. The maximum atomic E-state index is 12.9. The van der Waals surface area contributed by atoms with Gasteiger partial charge in [0.05, 0.1) is 18.0 Å². The summed E-state index contributed by atoms with van der Waals surface area (Å²) in [6, 6.07) is 9.46. The summed E-state index contributed by atoms with van der Waals surface area (Å²) < 4.78 is 5.45. The normalized spacial score (nSPS) is 15.3. The highest BCUT2D eigenvalue weighted by molar-refractivity contribution is 8.00. The van der Waals surface area contributed by atoms with Crippen LogP contribution in [0.25, 0.3) is 0 Å². The lowest BCUT2D eigenvalue weighted by atomic mass is 10.2. The molecule has 1 aliphatic rings. The fourth-order valence-corrected chi connectivity index (χ4v) is 4.37. The van der Waals surface area contributed by atoms with Crippen molar-refractivity contribution in [1.29, 1.82) is 0 Å². The van der Waals surface area contributed by atoms with Crippen LogP contribution in [-0.4, -0.2) is 59.3 Å². The summed E-state index contributed by atoms with van der Waals surface area (Å²) in [4.78, 5) is 36.1. The van der Waals surface area contributed by atoms with Crippen LogP contribution in [0.15, 0.2) is 40.3 Å². The molecular formula is C21H28N4O3S. The lowest BCUT2D eigenvalue weighted by Gasteiger charge is -2.37. The Hall–Kier alpha value is -2.48. The molecule has 1 aromatic heterocycles. The van der Waals surface area contributed by atoms with Crippen molar-refractivity contribution in [2.45, 2.75) is 37.1 Å². The number of aromatic amines is 1. The summed E-state index contributed by atoms with van der Waals surface area (Å²) in [6.45, 7) is 6.73. The SMILES string of the molecule is CCCc1cc(=O)[nH]c(SC(C)C(=O)N2CCN(c3ccccc3OC)CC2)n1. The number of carbonyl (C=O) groups excluding carboxylic acids is 1. The molecule has 0 bridgehead atoms. The molecule has 0 saturated carbocycles. The Kier molecular flexibility index (Phi) is 7.19. The molecule has 1 amide bonds. The van der Waals surface area contributed by atoms with E-state index in [4.69, 9.17) is 4.74 Å². The number of rotatable bonds is 7. The van der Waals surface area contributed by atoms with Crippen LogP contribution in [0.3, 0.4) is 0 Å². The predicted octanol–water partition coefficient (Wildman–Crippen LogP) is 2.56. The molecule has 1 atom stereocenters. The third kappa shape index (κ3) is 5.32. The lowest BCUT2D eigenvalue weighted by Crippen LogP contribution is -2.50. The van der Waals surface area contributed by atoms with E-state index in [1.54, 1.807) is 7.11 Å². The van der Waals surface area contributed by atoms with Crippen LogP contribution in [0.4, 0.5) is 5.69 Å². The van der Waals surface area contributed by atoms with Gasteiger partial charge in [-0.1, -0.05) is 37.2 Å². The number of hydrogen-bond acceptors (Lipinski definition) is 6. The fraction of sp³-hybridized carbons (Fsp3) is 0.476. The van der Waals surface area contributed by atoms with Crippen molar-refractivity contribution in [3.8, 4) is 5.75 Å². The highest BCUT2D eigenvalue weighted by Gasteiger charge is 2.27.